The molecule has 6 rings (SSSR count). The predicted octanol–water partition coefficient (Wildman–Crippen LogP) is 5.55. The Bertz CT molecular complexity index is 1650. The molecule has 0 aliphatic carbocycles. The van der Waals surface area contributed by atoms with Gasteiger partial charge in [0, 0.05) is 21.2 Å². The second-order valence-corrected chi connectivity index (χ2v) is 7.85. The fraction of sp³-hybridized carbons (Fsp3) is 0. The van der Waals surface area contributed by atoms with E-state index in [1.807, 2.05) is 36.4 Å². The standard InChI is InChI=1S/C25H12ClNO4/c26-14-6-8-15(9-7-14)27-23(28)19-11-18-17-10-5-13-3-1-2-4-16(13)22(17)31-25(30)21(18)12-20(19)24(27)29/h1-12H. The zero-order valence-electron chi connectivity index (χ0n) is 15.9. The van der Waals surface area contributed by atoms with E-state index in [4.69, 9.17) is 16.0 Å². The van der Waals surface area contributed by atoms with E-state index < -0.39 is 17.4 Å². The molecule has 0 fully saturated rings. The van der Waals surface area contributed by atoms with Crippen LogP contribution in [-0.2, 0) is 0 Å². The average Bonchev–Trinajstić information content (AvgIpc) is 3.03. The third kappa shape index (κ3) is 2.47. The SMILES string of the molecule is O=C1c2cc3c(=O)oc4c5ccccc5ccc4c3cc2C(=O)N1c1ccc(Cl)cc1. The van der Waals surface area contributed by atoms with Crippen molar-refractivity contribution in [2.45, 2.75) is 0 Å². The molecule has 0 radical (unpaired) electrons. The number of hydrogen-bond acceptors (Lipinski definition) is 4. The minimum Gasteiger partial charge on any atom is -0.422 e. The first-order valence-electron chi connectivity index (χ1n) is 9.59. The van der Waals surface area contributed by atoms with Gasteiger partial charge in [-0.3, -0.25) is 9.59 Å². The smallest absolute Gasteiger partial charge is 0.344 e. The summed E-state index contributed by atoms with van der Waals surface area (Å²) in [5, 5.41) is 3.81. The number of rotatable bonds is 1. The Hall–Kier alpha value is -3.96. The number of carbonyl (C=O) groups excluding carboxylic acids is 2. The summed E-state index contributed by atoms with van der Waals surface area (Å²) in [7, 11) is 0. The lowest BCUT2D eigenvalue weighted by Crippen LogP contribution is -2.29. The van der Waals surface area contributed by atoms with Crippen LogP contribution in [0.4, 0.5) is 5.69 Å². The van der Waals surface area contributed by atoms with Gasteiger partial charge in [0.15, 0.2) is 0 Å². The third-order valence-corrected chi connectivity index (χ3v) is 5.95. The van der Waals surface area contributed by atoms with Gasteiger partial charge in [-0.2, -0.15) is 0 Å². The van der Waals surface area contributed by atoms with E-state index >= 15 is 0 Å². The molecule has 0 atom stereocenters. The quantitative estimate of drug-likeness (QED) is 0.200. The lowest BCUT2D eigenvalue weighted by Gasteiger charge is -2.13. The van der Waals surface area contributed by atoms with Gasteiger partial charge >= 0.3 is 5.63 Å². The molecule has 0 unspecified atom stereocenters. The number of carbonyl (C=O) groups is 2. The van der Waals surface area contributed by atoms with Gasteiger partial charge in [0.2, 0.25) is 0 Å². The van der Waals surface area contributed by atoms with E-state index in [0.29, 0.717) is 27.1 Å². The lowest BCUT2D eigenvalue weighted by atomic mass is 9.99. The van der Waals surface area contributed by atoms with E-state index in [2.05, 4.69) is 0 Å². The summed E-state index contributed by atoms with van der Waals surface area (Å²) < 4.78 is 5.65. The van der Waals surface area contributed by atoms with Crippen molar-refractivity contribution in [1.82, 2.24) is 0 Å². The summed E-state index contributed by atoms with van der Waals surface area (Å²) in [5.41, 5.74) is 0.767. The Labute approximate surface area is 180 Å². The minimum atomic E-state index is -0.549. The Morgan fingerprint density at radius 1 is 0.677 bits per heavy atom. The number of benzene rings is 4. The van der Waals surface area contributed by atoms with Crippen LogP contribution in [0.2, 0.25) is 5.02 Å². The average molecular weight is 426 g/mol. The van der Waals surface area contributed by atoms with Crippen LogP contribution >= 0.6 is 11.6 Å². The van der Waals surface area contributed by atoms with Crippen molar-refractivity contribution in [3.63, 3.8) is 0 Å². The van der Waals surface area contributed by atoms with Crippen LogP contribution in [0.5, 0.6) is 0 Å². The summed E-state index contributed by atoms with van der Waals surface area (Å²) in [6, 6.07) is 21.0. The van der Waals surface area contributed by atoms with Crippen LogP contribution in [-0.4, -0.2) is 11.8 Å². The molecule has 0 saturated carbocycles. The number of fused-ring (bicyclic) bond motifs is 6. The van der Waals surface area contributed by atoms with Crippen LogP contribution in [0, 0.1) is 0 Å². The highest BCUT2D eigenvalue weighted by Crippen LogP contribution is 2.35. The fourth-order valence-electron chi connectivity index (χ4n) is 4.22. The molecule has 2 amide bonds. The van der Waals surface area contributed by atoms with Crippen LogP contribution in [0.25, 0.3) is 32.5 Å². The molecule has 0 bridgehead atoms. The highest BCUT2D eigenvalue weighted by atomic mass is 35.5. The van der Waals surface area contributed by atoms with E-state index in [1.165, 1.54) is 6.07 Å². The van der Waals surface area contributed by atoms with Crippen molar-refractivity contribution < 1.29 is 14.0 Å². The lowest BCUT2D eigenvalue weighted by molar-refractivity contribution is 0.0926. The molecule has 0 spiro atoms. The van der Waals surface area contributed by atoms with Gasteiger partial charge in [-0.05, 0) is 47.9 Å². The molecular weight excluding hydrogens is 414 g/mol. The highest BCUT2D eigenvalue weighted by molar-refractivity contribution is 6.36. The molecule has 6 heteroatoms. The van der Waals surface area contributed by atoms with E-state index in [0.717, 1.165) is 15.7 Å². The molecule has 1 aliphatic rings. The number of imide groups is 1. The number of nitrogens with zero attached hydrogens (tertiary/aromatic N) is 1. The Morgan fingerprint density at radius 2 is 1.35 bits per heavy atom. The second-order valence-electron chi connectivity index (χ2n) is 7.42. The maximum atomic E-state index is 13.1. The van der Waals surface area contributed by atoms with Crippen LogP contribution in [0.3, 0.4) is 0 Å². The van der Waals surface area contributed by atoms with Crippen molar-refractivity contribution in [3.05, 3.63) is 99.4 Å². The summed E-state index contributed by atoms with van der Waals surface area (Å²) in [4.78, 5) is 40.1. The number of halogens is 1. The van der Waals surface area contributed by atoms with Gasteiger partial charge < -0.3 is 4.42 Å². The maximum absolute atomic E-state index is 13.1. The zero-order valence-corrected chi connectivity index (χ0v) is 16.6. The van der Waals surface area contributed by atoms with E-state index in [1.54, 1.807) is 30.3 Å². The Kier molecular flexibility index (Phi) is 3.61. The normalized spacial score (nSPS) is 13.5. The van der Waals surface area contributed by atoms with Crippen LogP contribution in [0.15, 0.2) is 82.0 Å². The van der Waals surface area contributed by atoms with Gasteiger partial charge in [-0.1, -0.05) is 41.9 Å². The first kappa shape index (κ1) is 17.9. The monoisotopic (exact) mass is 425 g/mol. The highest BCUT2D eigenvalue weighted by Gasteiger charge is 2.37. The molecule has 5 nitrogen and oxygen atoms in total. The molecule has 5 aromatic rings. The third-order valence-electron chi connectivity index (χ3n) is 5.69. The van der Waals surface area contributed by atoms with Crippen molar-refractivity contribution in [2.75, 3.05) is 4.90 Å². The summed E-state index contributed by atoms with van der Waals surface area (Å²) in [6.45, 7) is 0. The van der Waals surface area contributed by atoms with Gasteiger partial charge in [0.05, 0.1) is 22.2 Å². The molecule has 2 heterocycles. The van der Waals surface area contributed by atoms with Crippen molar-refractivity contribution >= 4 is 61.6 Å². The van der Waals surface area contributed by atoms with Gasteiger partial charge in [-0.15, -0.1) is 0 Å². The molecule has 0 saturated heterocycles. The summed E-state index contributed by atoms with van der Waals surface area (Å²) in [6.07, 6.45) is 0. The van der Waals surface area contributed by atoms with E-state index in [-0.39, 0.29) is 16.5 Å². The topological polar surface area (TPSA) is 67.6 Å². The molecule has 148 valence electrons. The molecule has 31 heavy (non-hydrogen) atoms. The number of anilines is 1. The largest absolute Gasteiger partial charge is 0.422 e. The van der Waals surface area contributed by atoms with Crippen LogP contribution in [0.1, 0.15) is 20.7 Å². The van der Waals surface area contributed by atoms with Gasteiger partial charge in [0.25, 0.3) is 11.8 Å². The maximum Gasteiger partial charge on any atom is 0.344 e. The Morgan fingerprint density at radius 3 is 2.10 bits per heavy atom. The van der Waals surface area contributed by atoms with Gasteiger partial charge in [0.1, 0.15) is 5.58 Å². The minimum absolute atomic E-state index is 0.180. The molecular formula is C25H12ClNO4. The second kappa shape index (κ2) is 6.27. The van der Waals surface area contributed by atoms with Gasteiger partial charge in [-0.25, -0.2) is 9.69 Å². The number of hydrogen-bond donors (Lipinski definition) is 0. The summed E-state index contributed by atoms with van der Waals surface area (Å²) >= 11 is 5.93. The first-order valence-corrected chi connectivity index (χ1v) is 9.97. The van der Waals surface area contributed by atoms with Crippen LogP contribution < -0.4 is 10.5 Å². The summed E-state index contributed by atoms with van der Waals surface area (Å²) in [5.74, 6) is -0.923. The molecule has 4 aromatic carbocycles. The van der Waals surface area contributed by atoms with E-state index in [9.17, 15) is 14.4 Å². The van der Waals surface area contributed by atoms with Crippen molar-refractivity contribution in [2.24, 2.45) is 0 Å². The van der Waals surface area contributed by atoms with Crippen molar-refractivity contribution in [1.29, 1.82) is 0 Å². The number of amides is 2. The molecule has 1 aliphatic heterocycles. The Balaban J connectivity index is 1.64. The predicted molar refractivity (Wildman–Crippen MR) is 120 cm³/mol. The molecule has 0 N–H and O–H groups in total. The fourth-order valence-corrected chi connectivity index (χ4v) is 4.34. The first-order chi connectivity index (χ1) is 15.0. The van der Waals surface area contributed by atoms with Crippen molar-refractivity contribution in [3.8, 4) is 0 Å². The molecule has 1 aromatic heterocycles. The zero-order chi connectivity index (χ0) is 21.3.